The molecule has 0 aromatic heterocycles. The molecule has 0 saturated heterocycles. The van der Waals surface area contributed by atoms with Gasteiger partial charge >= 0.3 is 12.1 Å². The van der Waals surface area contributed by atoms with E-state index < -0.39 is 29.8 Å². The Labute approximate surface area is 125 Å². The van der Waals surface area contributed by atoms with Crippen LogP contribution in [0, 0.1) is 5.92 Å². The first kappa shape index (κ1) is 17.5. The van der Waals surface area contributed by atoms with Crippen LogP contribution in [-0.4, -0.2) is 41.5 Å². The topological polar surface area (TPSA) is 84.9 Å². The van der Waals surface area contributed by atoms with Gasteiger partial charge in [-0.15, -0.1) is 0 Å². The van der Waals surface area contributed by atoms with Gasteiger partial charge in [-0.2, -0.15) is 0 Å². The van der Waals surface area contributed by atoms with Crippen molar-refractivity contribution in [2.24, 2.45) is 5.92 Å². The lowest BCUT2D eigenvalue weighted by molar-refractivity contribution is -0.139. The van der Waals surface area contributed by atoms with E-state index in [9.17, 15) is 14.7 Å². The van der Waals surface area contributed by atoms with Gasteiger partial charge in [0, 0.05) is 5.57 Å². The SMILES string of the molecule is CCOC(=O)C1=C[C@@H](O)[C@H](NC(=O)OC(C)(C)C)[C@@H](C)C1. The van der Waals surface area contributed by atoms with Crippen LogP contribution in [0.2, 0.25) is 0 Å². The number of ether oxygens (including phenoxy) is 2. The number of carbonyl (C=O) groups is 2. The summed E-state index contributed by atoms with van der Waals surface area (Å²) in [7, 11) is 0. The minimum absolute atomic E-state index is 0.100. The second-order valence-electron chi connectivity index (χ2n) is 6.26. The molecular formula is C15H25NO5. The molecule has 3 atom stereocenters. The van der Waals surface area contributed by atoms with Crippen LogP contribution < -0.4 is 5.32 Å². The lowest BCUT2D eigenvalue weighted by Crippen LogP contribution is -2.50. The molecule has 1 amide bonds. The molecule has 1 aliphatic carbocycles. The smallest absolute Gasteiger partial charge is 0.407 e. The highest BCUT2D eigenvalue weighted by molar-refractivity contribution is 5.88. The molecule has 0 aliphatic heterocycles. The summed E-state index contributed by atoms with van der Waals surface area (Å²) in [6.45, 7) is 9.19. The molecule has 0 unspecified atom stereocenters. The summed E-state index contributed by atoms with van der Waals surface area (Å²) < 4.78 is 10.1. The number of carbonyl (C=O) groups excluding carboxylic acids is 2. The quantitative estimate of drug-likeness (QED) is 0.776. The Balaban J connectivity index is 2.70. The molecule has 21 heavy (non-hydrogen) atoms. The summed E-state index contributed by atoms with van der Waals surface area (Å²) in [6, 6.07) is -0.488. The molecule has 0 bridgehead atoms. The molecule has 0 aromatic carbocycles. The average molecular weight is 299 g/mol. The summed E-state index contributed by atoms with van der Waals surface area (Å²) in [4.78, 5) is 23.5. The normalized spacial score (nSPS) is 25.8. The van der Waals surface area contributed by atoms with E-state index in [0.29, 0.717) is 18.6 Å². The molecule has 0 heterocycles. The van der Waals surface area contributed by atoms with Crippen LogP contribution in [0.25, 0.3) is 0 Å². The molecule has 6 heteroatoms. The van der Waals surface area contributed by atoms with Crippen molar-refractivity contribution in [3.8, 4) is 0 Å². The summed E-state index contributed by atoms with van der Waals surface area (Å²) in [6.07, 6.45) is 0.364. The van der Waals surface area contributed by atoms with Crippen molar-refractivity contribution in [3.05, 3.63) is 11.6 Å². The standard InChI is InChI=1S/C15H25NO5/c1-6-20-13(18)10-7-9(2)12(11(17)8-10)16-14(19)21-15(3,4)5/h8-9,11-12,17H,6-7H2,1-5H3,(H,16,19)/t9-,11+,12+/m0/s1. The molecule has 2 N–H and O–H groups in total. The minimum Gasteiger partial charge on any atom is -0.463 e. The lowest BCUT2D eigenvalue weighted by atomic mass is 9.84. The molecular weight excluding hydrogens is 274 g/mol. The van der Waals surface area contributed by atoms with Crippen LogP contribution in [0.1, 0.15) is 41.0 Å². The number of hydrogen-bond acceptors (Lipinski definition) is 5. The van der Waals surface area contributed by atoms with E-state index in [1.165, 1.54) is 6.08 Å². The molecule has 0 saturated carbocycles. The predicted molar refractivity (Wildman–Crippen MR) is 77.7 cm³/mol. The van der Waals surface area contributed by atoms with Crippen LogP contribution in [0.3, 0.4) is 0 Å². The molecule has 0 fully saturated rings. The highest BCUT2D eigenvalue weighted by Crippen LogP contribution is 2.26. The average Bonchev–Trinajstić information content (AvgIpc) is 2.31. The minimum atomic E-state index is -0.944. The van der Waals surface area contributed by atoms with Gasteiger partial charge < -0.3 is 19.9 Å². The molecule has 0 radical (unpaired) electrons. The van der Waals surface area contributed by atoms with Gasteiger partial charge in [0.25, 0.3) is 0 Å². The maximum atomic E-state index is 11.8. The fraction of sp³-hybridized carbons (Fsp3) is 0.733. The summed E-state index contributed by atoms with van der Waals surface area (Å²) in [5.41, 5.74) is -0.155. The van der Waals surface area contributed by atoms with E-state index in [-0.39, 0.29) is 5.92 Å². The van der Waals surface area contributed by atoms with Crippen LogP contribution in [0.5, 0.6) is 0 Å². The van der Waals surface area contributed by atoms with Crippen LogP contribution in [-0.2, 0) is 14.3 Å². The summed E-state index contributed by atoms with van der Waals surface area (Å²) in [5, 5.41) is 12.8. The number of rotatable bonds is 3. The third-order valence-electron chi connectivity index (χ3n) is 3.12. The van der Waals surface area contributed by atoms with Gasteiger partial charge in [0.15, 0.2) is 0 Å². The monoisotopic (exact) mass is 299 g/mol. The molecule has 1 aliphatic rings. The number of nitrogens with one attached hydrogen (secondary N) is 1. The zero-order valence-electron chi connectivity index (χ0n) is 13.3. The van der Waals surface area contributed by atoms with Gasteiger partial charge in [0.1, 0.15) is 5.60 Å². The van der Waals surface area contributed by atoms with Gasteiger partial charge in [-0.3, -0.25) is 0 Å². The predicted octanol–water partition coefficient (Wildman–Crippen LogP) is 1.77. The van der Waals surface area contributed by atoms with E-state index in [1.807, 2.05) is 6.92 Å². The van der Waals surface area contributed by atoms with E-state index in [4.69, 9.17) is 9.47 Å². The fourth-order valence-corrected chi connectivity index (χ4v) is 2.23. The van der Waals surface area contributed by atoms with Gasteiger partial charge in [0.2, 0.25) is 0 Å². The van der Waals surface area contributed by atoms with E-state index in [2.05, 4.69) is 5.32 Å². The zero-order chi connectivity index (χ0) is 16.2. The van der Waals surface area contributed by atoms with Crippen molar-refractivity contribution in [2.75, 3.05) is 6.61 Å². The van der Waals surface area contributed by atoms with Crippen LogP contribution in [0.4, 0.5) is 4.79 Å². The first-order chi connectivity index (χ1) is 9.64. The summed E-state index contributed by atoms with van der Waals surface area (Å²) >= 11 is 0. The number of aliphatic hydroxyl groups is 1. The van der Waals surface area contributed by atoms with Gasteiger partial charge in [-0.05, 0) is 46.1 Å². The molecule has 0 spiro atoms. The van der Waals surface area contributed by atoms with E-state index in [0.717, 1.165) is 0 Å². The number of esters is 1. The Bertz CT molecular complexity index is 424. The second kappa shape index (κ2) is 6.93. The maximum Gasteiger partial charge on any atom is 0.407 e. The highest BCUT2D eigenvalue weighted by Gasteiger charge is 2.34. The Hall–Kier alpha value is -1.56. The van der Waals surface area contributed by atoms with Crippen molar-refractivity contribution < 1.29 is 24.2 Å². The van der Waals surface area contributed by atoms with E-state index >= 15 is 0 Å². The highest BCUT2D eigenvalue weighted by atomic mass is 16.6. The lowest BCUT2D eigenvalue weighted by Gasteiger charge is -2.33. The third kappa shape index (κ3) is 5.38. The number of aliphatic hydroxyl groups excluding tert-OH is 1. The Kier molecular flexibility index (Phi) is 5.78. The number of hydrogen-bond donors (Lipinski definition) is 2. The van der Waals surface area contributed by atoms with Crippen LogP contribution in [0.15, 0.2) is 11.6 Å². The van der Waals surface area contributed by atoms with E-state index in [1.54, 1.807) is 27.7 Å². The fourth-order valence-electron chi connectivity index (χ4n) is 2.23. The molecule has 6 nitrogen and oxygen atoms in total. The van der Waals surface area contributed by atoms with Crippen molar-refractivity contribution in [2.45, 2.75) is 58.8 Å². The zero-order valence-corrected chi connectivity index (χ0v) is 13.3. The number of alkyl carbamates (subject to hydrolysis) is 1. The number of amides is 1. The van der Waals surface area contributed by atoms with Gasteiger partial charge in [-0.25, -0.2) is 9.59 Å². The van der Waals surface area contributed by atoms with Crippen molar-refractivity contribution in [1.29, 1.82) is 0 Å². The second-order valence-corrected chi connectivity index (χ2v) is 6.26. The molecule has 0 aromatic rings. The molecule has 120 valence electrons. The maximum absolute atomic E-state index is 11.8. The van der Waals surface area contributed by atoms with Crippen molar-refractivity contribution in [3.63, 3.8) is 0 Å². The Morgan fingerprint density at radius 1 is 1.43 bits per heavy atom. The Morgan fingerprint density at radius 3 is 2.52 bits per heavy atom. The Morgan fingerprint density at radius 2 is 2.05 bits per heavy atom. The van der Waals surface area contributed by atoms with Gasteiger partial charge in [0.05, 0.1) is 18.8 Å². The van der Waals surface area contributed by atoms with Gasteiger partial charge in [-0.1, -0.05) is 6.92 Å². The summed E-state index contributed by atoms with van der Waals surface area (Å²) in [5.74, 6) is -0.518. The van der Waals surface area contributed by atoms with Crippen molar-refractivity contribution in [1.82, 2.24) is 5.32 Å². The molecule has 1 rings (SSSR count). The van der Waals surface area contributed by atoms with Crippen molar-refractivity contribution >= 4 is 12.1 Å². The first-order valence-corrected chi connectivity index (χ1v) is 7.19. The largest absolute Gasteiger partial charge is 0.463 e. The first-order valence-electron chi connectivity index (χ1n) is 7.19. The third-order valence-corrected chi connectivity index (χ3v) is 3.12. The van der Waals surface area contributed by atoms with Crippen LogP contribution >= 0.6 is 0 Å².